The van der Waals surface area contributed by atoms with Gasteiger partial charge in [-0.15, -0.1) is 0 Å². The lowest BCUT2D eigenvalue weighted by Crippen LogP contribution is -2.54. The van der Waals surface area contributed by atoms with Crippen molar-refractivity contribution in [2.24, 2.45) is 5.92 Å². The number of anilines is 2. The van der Waals surface area contributed by atoms with E-state index in [4.69, 9.17) is 18.9 Å². The number of piperazine rings is 1. The number of carbonyl (C=O) groups is 2. The number of carbonyl (C=O) groups excluding carboxylic acids is 2. The SMILES string of the molecule is COc1ccc([C@@H]2[C@@H](C(=O)N3CCN(c4ccccn4)CC3)CCC(=O)N2c2cc(OC)c(OC)c(OC)c2)cc1. The van der Waals surface area contributed by atoms with Gasteiger partial charge in [0.1, 0.15) is 11.6 Å². The maximum Gasteiger partial charge on any atom is 0.228 e. The van der Waals surface area contributed by atoms with Crippen molar-refractivity contribution in [1.82, 2.24) is 9.88 Å². The maximum absolute atomic E-state index is 14.2. The molecular weight excluding hydrogens is 524 g/mol. The molecular formula is C31H36N4O6. The third-order valence-electron chi connectivity index (χ3n) is 7.86. The summed E-state index contributed by atoms with van der Waals surface area (Å²) in [6.07, 6.45) is 2.48. The van der Waals surface area contributed by atoms with Gasteiger partial charge in [0.25, 0.3) is 0 Å². The molecule has 2 aliphatic rings. The number of rotatable bonds is 8. The van der Waals surface area contributed by atoms with Crippen molar-refractivity contribution in [2.75, 3.05) is 64.4 Å². The van der Waals surface area contributed by atoms with E-state index in [2.05, 4.69) is 9.88 Å². The van der Waals surface area contributed by atoms with Crippen molar-refractivity contribution in [3.05, 3.63) is 66.4 Å². The zero-order valence-electron chi connectivity index (χ0n) is 23.9. The summed E-state index contributed by atoms with van der Waals surface area (Å²) < 4.78 is 22.1. The molecule has 10 nitrogen and oxygen atoms in total. The summed E-state index contributed by atoms with van der Waals surface area (Å²) >= 11 is 0. The van der Waals surface area contributed by atoms with E-state index < -0.39 is 12.0 Å². The molecule has 2 aliphatic heterocycles. The van der Waals surface area contributed by atoms with Crippen LogP contribution in [0.3, 0.4) is 0 Å². The number of nitrogens with zero attached hydrogens (tertiary/aromatic N) is 4. The molecule has 2 fully saturated rings. The van der Waals surface area contributed by atoms with Gasteiger partial charge in [-0.05, 0) is 36.2 Å². The Morgan fingerprint density at radius 3 is 2.10 bits per heavy atom. The van der Waals surface area contributed by atoms with Gasteiger partial charge in [-0.25, -0.2) is 4.98 Å². The summed E-state index contributed by atoms with van der Waals surface area (Å²) in [6, 6.07) is 16.4. The van der Waals surface area contributed by atoms with Crippen LogP contribution in [0, 0.1) is 5.92 Å². The van der Waals surface area contributed by atoms with Crippen LogP contribution in [-0.2, 0) is 9.59 Å². The topological polar surface area (TPSA) is 93.7 Å². The predicted octanol–water partition coefficient (Wildman–Crippen LogP) is 3.95. The van der Waals surface area contributed by atoms with E-state index in [1.807, 2.05) is 47.4 Å². The Hall–Kier alpha value is -4.47. The minimum absolute atomic E-state index is 0.0384. The molecule has 1 aromatic heterocycles. The first-order chi connectivity index (χ1) is 20.0. The Kier molecular flexibility index (Phi) is 8.47. The highest BCUT2D eigenvalue weighted by atomic mass is 16.5. The van der Waals surface area contributed by atoms with Crippen molar-refractivity contribution < 1.29 is 28.5 Å². The zero-order chi connectivity index (χ0) is 28.9. The molecule has 2 atom stereocenters. The zero-order valence-corrected chi connectivity index (χ0v) is 23.9. The van der Waals surface area contributed by atoms with Crippen LogP contribution < -0.4 is 28.7 Å². The van der Waals surface area contributed by atoms with E-state index >= 15 is 0 Å². The molecule has 41 heavy (non-hydrogen) atoms. The van der Waals surface area contributed by atoms with Crippen molar-refractivity contribution in [2.45, 2.75) is 18.9 Å². The molecule has 0 radical (unpaired) electrons. The van der Waals surface area contributed by atoms with E-state index in [0.29, 0.717) is 61.3 Å². The summed E-state index contributed by atoms with van der Waals surface area (Å²) in [6.45, 7) is 2.55. The number of pyridine rings is 1. The van der Waals surface area contributed by atoms with Crippen LogP contribution >= 0.6 is 0 Å². The van der Waals surface area contributed by atoms with Crippen LogP contribution in [0.25, 0.3) is 0 Å². The van der Waals surface area contributed by atoms with Gasteiger partial charge in [-0.3, -0.25) is 9.59 Å². The molecule has 10 heteroatoms. The maximum atomic E-state index is 14.2. The summed E-state index contributed by atoms with van der Waals surface area (Å²) in [5, 5.41) is 0. The highest BCUT2D eigenvalue weighted by Crippen LogP contribution is 2.46. The van der Waals surface area contributed by atoms with E-state index in [9.17, 15) is 9.59 Å². The molecule has 0 spiro atoms. The molecule has 0 aliphatic carbocycles. The van der Waals surface area contributed by atoms with Gasteiger partial charge in [-0.1, -0.05) is 18.2 Å². The van der Waals surface area contributed by atoms with Gasteiger partial charge in [0.15, 0.2) is 11.5 Å². The second kappa shape index (κ2) is 12.4. The van der Waals surface area contributed by atoms with Crippen LogP contribution in [0.15, 0.2) is 60.8 Å². The Balaban J connectivity index is 1.50. The van der Waals surface area contributed by atoms with Gasteiger partial charge in [0.2, 0.25) is 17.6 Å². The molecule has 0 N–H and O–H groups in total. The van der Waals surface area contributed by atoms with Crippen LogP contribution in [0.1, 0.15) is 24.4 Å². The fourth-order valence-electron chi connectivity index (χ4n) is 5.78. The van der Waals surface area contributed by atoms with Gasteiger partial charge >= 0.3 is 0 Å². The van der Waals surface area contributed by atoms with E-state index in [0.717, 1.165) is 11.4 Å². The van der Waals surface area contributed by atoms with Crippen LogP contribution in [0.2, 0.25) is 0 Å². The first kappa shape index (κ1) is 28.1. The normalized spacial score (nSPS) is 19.1. The molecule has 5 rings (SSSR count). The molecule has 2 amide bonds. The predicted molar refractivity (Wildman–Crippen MR) is 155 cm³/mol. The minimum Gasteiger partial charge on any atom is -0.497 e. The second-order valence-corrected chi connectivity index (χ2v) is 10.0. The minimum atomic E-state index is -0.536. The Labute approximate surface area is 240 Å². The monoisotopic (exact) mass is 560 g/mol. The molecule has 2 aromatic carbocycles. The van der Waals surface area contributed by atoms with E-state index in [-0.39, 0.29) is 18.2 Å². The van der Waals surface area contributed by atoms with Gasteiger partial charge < -0.3 is 33.6 Å². The first-order valence-electron chi connectivity index (χ1n) is 13.7. The van der Waals surface area contributed by atoms with Crippen LogP contribution in [0.5, 0.6) is 23.0 Å². The summed E-state index contributed by atoms with van der Waals surface area (Å²) in [4.78, 5) is 38.1. The molecule has 0 unspecified atom stereocenters. The molecule has 2 saturated heterocycles. The number of hydrogen-bond donors (Lipinski definition) is 0. The molecule has 3 heterocycles. The van der Waals surface area contributed by atoms with Crippen LogP contribution in [-0.4, -0.2) is 76.3 Å². The fraction of sp³-hybridized carbons (Fsp3) is 0.387. The average molecular weight is 561 g/mol. The smallest absolute Gasteiger partial charge is 0.228 e. The summed E-state index contributed by atoms with van der Waals surface area (Å²) in [5.41, 5.74) is 1.42. The molecule has 3 aromatic rings. The number of methoxy groups -OCH3 is 4. The fourth-order valence-corrected chi connectivity index (χ4v) is 5.78. The van der Waals surface area contributed by atoms with Gasteiger partial charge in [0.05, 0.1) is 46.1 Å². The molecule has 216 valence electrons. The number of amides is 2. The lowest BCUT2D eigenvalue weighted by molar-refractivity contribution is -0.138. The third kappa shape index (κ3) is 5.59. The van der Waals surface area contributed by atoms with Crippen molar-refractivity contribution in [3.8, 4) is 23.0 Å². The lowest BCUT2D eigenvalue weighted by atomic mass is 9.82. The number of ether oxygens (including phenoxy) is 4. The van der Waals surface area contributed by atoms with Crippen molar-refractivity contribution in [1.29, 1.82) is 0 Å². The Morgan fingerprint density at radius 1 is 0.854 bits per heavy atom. The summed E-state index contributed by atoms with van der Waals surface area (Å²) in [5.74, 6) is 2.42. The number of piperidine rings is 1. The van der Waals surface area contributed by atoms with Crippen molar-refractivity contribution >= 4 is 23.3 Å². The van der Waals surface area contributed by atoms with Crippen LogP contribution in [0.4, 0.5) is 11.5 Å². The standard InChI is InChI=1S/C31H36N4O6/c1-38-23-10-8-21(9-11-23)29-24(31(37)34-17-15-33(16-18-34)27-7-5-6-14-32-27)12-13-28(36)35(29)22-19-25(39-2)30(41-4)26(20-22)40-3/h5-11,14,19-20,24,29H,12-13,15-18H2,1-4H3/t24-,29+/m0/s1. The highest BCUT2D eigenvalue weighted by molar-refractivity contribution is 5.98. The van der Waals surface area contributed by atoms with Crippen molar-refractivity contribution in [3.63, 3.8) is 0 Å². The largest absolute Gasteiger partial charge is 0.497 e. The number of aromatic nitrogens is 1. The molecule has 0 saturated carbocycles. The van der Waals surface area contributed by atoms with E-state index in [1.165, 1.54) is 21.3 Å². The third-order valence-corrected chi connectivity index (χ3v) is 7.86. The number of benzene rings is 2. The van der Waals surface area contributed by atoms with Gasteiger partial charge in [0, 0.05) is 50.9 Å². The molecule has 0 bridgehead atoms. The first-order valence-corrected chi connectivity index (χ1v) is 13.7. The van der Waals surface area contributed by atoms with Gasteiger partial charge in [-0.2, -0.15) is 0 Å². The second-order valence-electron chi connectivity index (χ2n) is 10.0. The Morgan fingerprint density at radius 2 is 1.54 bits per heavy atom. The van der Waals surface area contributed by atoms with E-state index in [1.54, 1.807) is 30.3 Å². The summed E-state index contributed by atoms with van der Waals surface area (Å²) in [7, 11) is 6.22. The number of hydrogen-bond acceptors (Lipinski definition) is 8. The highest BCUT2D eigenvalue weighted by Gasteiger charge is 2.44. The quantitative estimate of drug-likeness (QED) is 0.409. The average Bonchev–Trinajstić information content (AvgIpc) is 3.04. The Bertz CT molecular complexity index is 1330. The lowest BCUT2D eigenvalue weighted by Gasteiger charge is -2.44.